The van der Waals surface area contributed by atoms with Crippen molar-refractivity contribution in [2.24, 2.45) is 0 Å². The van der Waals surface area contributed by atoms with Gasteiger partial charge >= 0.3 is 5.97 Å². The topological polar surface area (TPSA) is 67.8 Å². The first-order chi connectivity index (χ1) is 9.19. The number of esters is 1. The molecule has 0 aliphatic heterocycles. The minimum Gasteiger partial charge on any atom is -0.469 e. The molecule has 2 unspecified atom stereocenters. The fourth-order valence-electron chi connectivity index (χ4n) is 1.81. The zero-order chi connectivity index (χ0) is 14.1. The van der Waals surface area contributed by atoms with Gasteiger partial charge in [0.25, 0.3) is 0 Å². The smallest absolute Gasteiger partial charge is 0.314 e. The van der Waals surface area contributed by atoms with Crippen LogP contribution in [0.25, 0.3) is 0 Å². The normalized spacial score (nSPS) is 13.8. The maximum absolute atomic E-state index is 11.8. The average Bonchev–Trinajstić information content (AvgIpc) is 2.44. The van der Waals surface area contributed by atoms with Crippen molar-refractivity contribution < 1.29 is 19.4 Å². The molecule has 0 fully saturated rings. The van der Waals surface area contributed by atoms with Crippen LogP contribution in [0, 0.1) is 0 Å². The van der Waals surface area contributed by atoms with Crippen molar-refractivity contribution in [1.29, 1.82) is 0 Å². The lowest BCUT2D eigenvalue weighted by Gasteiger charge is -2.17. The molecule has 0 aromatic heterocycles. The van der Waals surface area contributed by atoms with Gasteiger partial charge in [-0.25, -0.2) is 0 Å². The SMILES string of the molecule is COCC(O)CNCC(C(=O)OC)c1ccccc1. The van der Waals surface area contributed by atoms with Crippen LogP contribution in [-0.2, 0) is 14.3 Å². The van der Waals surface area contributed by atoms with Crippen LogP contribution in [0.15, 0.2) is 30.3 Å². The van der Waals surface area contributed by atoms with E-state index >= 15 is 0 Å². The number of nitrogens with one attached hydrogen (secondary N) is 1. The molecule has 1 aromatic carbocycles. The number of aliphatic hydroxyl groups is 1. The number of hydrogen-bond acceptors (Lipinski definition) is 5. The highest BCUT2D eigenvalue weighted by molar-refractivity contribution is 5.78. The van der Waals surface area contributed by atoms with E-state index in [4.69, 9.17) is 9.47 Å². The van der Waals surface area contributed by atoms with Crippen LogP contribution in [0.4, 0.5) is 0 Å². The lowest BCUT2D eigenvalue weighted by atomic mass is 9.99. The number of methoxy groups -OCH3 is 2. The van der Waals surface area contributed by atoms with Crippen LogP contribution in [0.1, 0.15) is 11.5 Å². The second kappa shape index (κ2) is 8.63. The Bertz CT molecular complexity index is 369. The van der Waals surface area contributed by atoms with Gasteiger partial charge in [-0.1, -0.05) is 30.3 Å². The molecule has 1 rings (SSSR count). The average molecular weight is 267 g/mol. The molecular weight excluding hydrogens is 246 g/mol. The Labute approximate surface area is 113 Å². The summed E-state index contributed by atoms with van der Waals surface area (Å²) in [5.41, 5.74) is 0.892. The van der Waals surface area contributed by atoms with E-state index in [-0.39, 0.29) is 18.5 Å². The summed E-state index contributed by atoms with van der Waals surface area (Å²) < 4.78 is 9.64. The third-order valence-electron chi connectivity index (χ3n) is 2.78. The van der Waals surface area contributed by atoms with Crippen LogP contribution in [-0.4, -0.2) is 51.1 Å². The standard InChI is InChI=1S/C14H21NO4/c1-18-10-12(16)8-15-9-13(14(17)19-2)11-6-4-3-5-7-11/h3-7,12-13,15-16H,8-10H2,1-2H3. The van der Waals surface area contributed by atoms with E-state index in [1.165, 1.54) is 14.2 Å². The summed E-state index contributed by atoms with van der Waals surface area (Å²) in [6.45, 7) is 1.05. The van der Waals surface area contributed by atoms with Crippen LogP contribution < -0.4 is 5.32 Å². The summed E-state index contributed by atoms with van der Waals surface area (Å²) in [4.78, 5) is 11.8. The zero-order valence-corrected chi connectivity index (χ0v) is 11.3. The van der Waals surface area contributed by atoms with E-state index in [1.807, 2.05) is 30.3 Å². The summed E-state index contributed by atoms with van der Waals surface area (Å²) in [5.74, 6) is -0.666. The maximum Gasteiger partial charge on any atom is 0.314 e. The molecular formula is C14H21NO4. The Morgan fingerprint density at radius 1 is 1.26 bits per heavy atom. The highest BCUT2D eigenvalue weighted by Gasteiger charge is 2.21. The third kappa shape index (κ3) is 5.38. The summed E-state index contributed by atoms with van der Waals surface area (Å²) in [6, 6.07) is 9.42. The number of carbonyl (C=O) groups excluding carboxylic acids is 1. The fourth-order valence-corrected chi connectivity index (χ4v) is 1.81. The molecule has 0 aliphatic rings. The predicted molar refractivity (Wildman–Crippen MR) is 72.0 cm³/mol. The largest absolute Gasteiger partial charge is 0.469 e. The molecule has 1 aromatic rings. The first kappa shape index (κ1) is 15.6. The minimum atomic E-state index is -0.584. The van der Waals surface area contributed by atoms with Crippen LogP contribution >= 0.6 is 0 Å². The third-order valence-corrected chi connectivity index (χ3v) is 2.78. The molecule has 0 saturated heterocycles. The van der Waals surface area contributed by atoms with Gasteiger partial charge in [-0.3, -0.25) is 4.79 Å². The summed E-state index contributed by atoms with van der Waals surface area (Å²) in [7, 11) is 2.91. The highest BCUT2D eigenvalue weighted by atomic mass is 16.5. The van der Waals surface area contributed by atoms with Crippen molar-refractivity contribution in [3.05, 3.63) is 35.9 Å². The molecule has 0 amide bonds. The number of carbonyl (C=O) groups is 1. The molecule has 0 heterocycles. The van der Waals surface area contributed by atoms with Crippen molar-refractivity contribution in [3.8, 4) is 0 Å². The molecule has 0 aliphatic carbocycles. The first-order valence-corrected chi connectivity index (χ1v) is 6.19. The van der Waals surface area contributed by atoms with E-state index in [2.05, 4.69) is 5.32 Å². The van der Waals surface area contributed by atoms with E-state index in [0.717, 1.165) is 5.56 Å². The minimum absolute atomic E-state index is 0.265. The van der Waals surface area contributed by atoms with E-state index in [1.54, 1.807) is 0 Å². The van der Waals surface area contributed by atoms with Crippen LogP contribution in [0.3, 0.4) is 0 Å². The van der Waals surface area contributed by atoms with Crippen LogP contribution in [0.2, 0.25) is 0 Å². The molecule has 0 bridgehead atoms. The van der Waals surface area contributed by atoms with E-state index in [0.29, 0.717) is 13.1 Å². The Morgan fingerprint density at radius 2 is 1.95 bits per heavy atom. The first-order valence-electron chi connectivity index (χ1n) is 6.19. The number of hydrogen-bond donors (Lipinski definition) is 2. The van der Waals surface area contributed by atoms with Gasteiger partial charge in [0.15, 0.2) is 0 Å². The highest BCUT2D eigenvalue weighted by Crippen LogP contribution is 2.16. The van der Waals surface area contributed by atoms with Gasteiger partial charge in [0.1, 0.15) is 0 Å². The van der Waals surface area contributed by atoms with Gasteiger partial charge in [0, 0.05) is 20.2 Å². The van der Waals surface area contributed by atoms with Crippen molar-refractivity contribution in [2.75, 3.05) is 33.9 Å². The molecule has 0 spiro atoms. The summed E-state index contributed by atoms with van der Waals surface area (Å²) in [6.07, 6.45) is -0.584. The quantitative estimate of drug-likeness (QED) is 0.673. The molecule has 0 radical (unpaired) electrons. The van der Waals surface area contributed by atoms with Crippen molar-refractivity contribution >= 4 is 5.97 Å². The number of rotatable bonds is 8. The molecule has 5 heteroatoms. The Kier molecular flexibility index (Phi) is 7.10. The molecule has 5 nitrogen and oxygen atoms in total. The zero-order valence-electron chi connectivity index (χ0n) is 11.3. The van der Waals surface area contributed by atoms with Gasteiger partial charge in [-0.05, 0) is 5.56 Å². The van der Waals surface area contributed by atoms with Gasteiger partial charge < -0.3 is 19.9 Å². The van der Waals surface area contributed by atoms with Gasteiger partial charge in [0.05, 0.1) is 25.7 Å². The molecule has 2 atom stereocenters. The monoisotopic (exact) mass is 267 g/mol. The van der Waals surface area contributed by atoms with Crippen LogP contribution in [0.5, 0.6) is 0 Å². The lowest BCUT2D eigenvalue weighted by molar-refractivity contribution is -0.142. The number of ether oxygens (including phenoxy) is 2. The molecule has 19 heavy (non-hydrogen) atoms. The van der Waals surface area contributed by atoms with Crippen molar-refractivity contribution in [2.45, 2.75) is 12.0 Å². The maximum atomic E-state index is 11.8. The summed E-state index contributed by atoms with van der Waals surface area (Å²) in [5, 5.41) is 12.6. The Balaban J connectivity index is 2.55. The van der Waals surface area contributed by atoms with Crippen molar-refractivity contribution in [3.63, 3.8) is 0 Å². The molecule has 2 N–H and O–H groups in total. The molecule has 106 valence electrons. The summed E-state index contributed by atoms with van der Waals surface area (Å²) >= 11 is 0. The van der Waals surface area contributed by atoms with Gasteiger partial charge in [-0.2, -0.15) is 0 Å². The number of aliphatic hydroxyl groups excluding tert-OH is 1. The fraction of sp³-hybridized carbons (Fsp3) is 0.500. The van der Waals surface area contributed by atoms with E-state index < -0.39 is 6.10 Å². The van der Waals surface area contributed by atoms with E-state index in [9.17, 15) is 9.90 Å². The number of benzene rings is 1. The van der Waals surface area contributed by atoms with Gasteiger partial charge in [0.2, 0.25) is 0 Å². The Morgan fingerprint density at radius 3 is 2.53 bits per heavy atom. The van der Waals surface area contributed by atoms with Gasteiger partial charge in [-0.15, -0.1) is 0 Å². The van der Waals surface area contributed by atoms with Crippen molar-refractivity contribution in [1.82, 2.24) is 5.32 Å². The predicted octanol–water partition coefficient (Wildman–Crippen LogP) is 0.540. The Hall–Kier alpha value is -1.43. The second-order valence-corrected chi connectivity index (χ2v) is 4.25. The molecule has 0 saturated carbocycles. The second-order valence-electron chi connectivity index (χ2n) is 4.25. The lowest BCUT2D eigenvalue weighted by Crippen LogP contribution is -2.35.